The zero-order valence-electron chi connectivity index (χ0n) is 15.8. The van der Waals surface area contributed by atoms with Crippen LogP contribution in [0.1, 0.15) is 76.3 Å². The number of likely N-dealkylation sites (N-methyl/N-ethyl adjacent to an activating group) is 1. The summed E-state index contributed by atoms with van der Waals surface area (Å²) in [6.45, 7) is 6.70. The summed E-state index contributed by atoms with van der Waals surface area (Å²) in [7, 11) is 2.15. The second-order valence-corrected chi connectivity index (χ2v) is 7.59. The van der Waals surface area contributed by atoms with Crippen molar-refractivity contribution >= 4 is 17.3 Å². The minimum absolute atomic E-state index is 0.733. The van der Waals surface area contributed by atoms with E-state index in [1.165, 1.54) is 68.7 Å². The Balaban J connectivity index is 1.54. The highest BCUT2D eigenvalue weighted by molar-refractivity contribution is 6.99. The molecule has 25 heavy (non-hydrogen) atoms. The lowest BCUT2D eigenvalue weighted by Gasteiger charge is -2.22. The van der Waals surface area contributed by atoms with Gasteiger partial charge in [-0.3, -0.25) is 0 Å². The Morgan fingerprint density at radius 1 is 1.04 bits per heavy atom. The molecule has 2 heterocycles. The fourth-order valence-electron chi connectivity index (χ4n) is 3.22. The maximum Gasteiger partial charge on any atom is 0.253 e. The summed E-state index contributed by atoms with van der Waals surface area (Å²) in [6.07, 6.45) is 16.3. The van der Waals surface area contributed by atoms with E-state index in [1.54, 1.807) is 0 Å². The molecule has 1 radical (unpaired) electrons. The van der Waals surface area contributed by atoms with E-state index in [1.807, 2.05) is 0 Å². The van der Waals surface area contributed by atoms with Gasteiger partial charge < -0.3 is 9.64 Å². The molecule has 1 aromatic heterocycles. The molecule has 4 nitrogen and oxygen atoms in total. The van der Waals surface area contributed by atoms with E-state index in [0.29, 0.717) is 0 Å². The highest BCUT2D eigenvalue weighted by atomic mass is 32.1. The van der Waals surface area contributed by atoms with Gasteiger partial charge in [0.2, 0.25) is 0 Å². The first-order valence-electron chi connectivity index (χ1n) is 9.94. The molecule has 0 atom stereocenters. The van der Waals surface area contributed by atoms with Crippen molar-refractivity contribution in [2.24, 2.45) is 0 Å². The quantitative estimate of drug-likeness (QED) is 0.441. The third kappa shape index (κ3) is 7.87. The van der Waals surface area contributed by atoms with Gasteiger partial charge in [0.15, 0.2) is 0 Å². The normalized spacial score (nSPS) is 15.4. The van der Waals surface area contributed by atoms with Crippen molar-refractivity contribution in [3.05, 3.63) is 18.7 Å². The Morgan fingerprint density at radius 2 is 1.72 bits per heavy atom. The zero-order chi connectivity index (χ0) is 17.7. The topological polar surface area (TPSA) is 38.3 Å². The average Bonchev–Trinajstić information content (AvgIpc) is 3.08. The van der Waals surface area contributed by atoms with Crippen LogP contribution in [-0.4, -0.2) is 40.4 Å². The van der Waals surface area contributed by atoms with Crippen molar-refractivity contribution in [2.45, 2.75) is 70.6 Å². The monoisotopic (exact) mass is 364 g/mol. The molecular formula is C20H34N3OS. The minimum Gasteiger partial charge on any atom is -0.475 e. The zero-order valence-corrected chi connectivity index (χ0v) is 16.7. The number of unbranched alkanes of at least 4 members (excludes halogenated alkanes) is 9. The fraction of sp³-hybridized carbons (Fsp3) is 0.750. The van der Waals surface area contributed by atoms with Gasteiger partial charge in [-0.2, -0.15) is 4.37 Å². The Kier molecular flexibility index (Phi) is 10.1. The molecule has 0 saturated carbocycles. The van der Waals surface area contributed by atoms with Gasteiger partial charge in [-0.1, -0.05) is 70.8 Å². The van der Waals surface area contributed by atoms with Crippen molar-refractivity contribution in [3.63, 3.8) is 0 Å². The summed E-state index contributed by atoms with van der Waals surface area (Å²) in [5.74, 6) is 0.733. The van der Waals surface area contributed by atoms with Crippen LogP contribution < -0.4 is 4.74 Å². The Labute approximate surface area is 158 Å². The molecule has 0 aliphatic carbocycles. The first-order valence-corrected chi connectivity index (χ1v) is 10.7. The summed E-state index contributed by atoms with van der Waals surface area (Å²) in [5, 5.41) is 0. The van der Waals surface area contributed by atoms with Crippen LogP contribution in [0.2, 0.25) is 0 Å². The molecule has 0 bridgehead atoms. The molecule has 1 aliphatic rings. The molecule has 0 saturated heterocycles. The van der Waals surface area contributed by atoms with E-state index in [0.717, 1.165) is 50.5 Å². The number of aromatic nitrogens is 2. The van der Waals surface area contributed by atoms with Crippen molar-refractivity contribution in [1.82, 2.24) is 13.6 Å². The number of hydrogen-bond acceptors (Lipinski definition) is 5. The molecule has 0 amide bonds. The molecular weight excluding hydrogens is 330 g/mol. The largest absolute Gasteiger partial charge is 0.475 e. The van der Waals surface area contributed by atoms with Gasteiger partial charge in [0, 0.05) is 13.1 Å². The second-order valence-electron chi connectivity index (χ2n) is 7.06. The third-order valence-corrected chi connectivity index (χ3v) is 5.25. The third-order valence-electron chi connectivity index (χ3n) is 4.74. The van der Waals surface area contributed by atoms with Crippen LogP contribution in [0.3, 0.4) is 0 Å². The van der Waals surface area contributed by atoms with Gasteiger partial charge >= 0.3 is 0 Å². The van der Waals surface area contributed by atoms with Crippen molar-refractivity contribution in [3.8, 4) is 5.88 Å². The lowest BCUT2D eigenvalue weighted by atomic mass is 10.1. The van der Waals surface area contributed by atoms with Crippen molar-refractivity contribution < 1.29 is 4.74 Å². The highest BCUT2D eigenvalue weighted by Crippen LogP contribution is 2.27. The molecule has 0 unspecified atom stereocenters. The fourth-order valence-corrected chi connectivity index (χ4v) is 3.75. The molecule has 0 aromatic carbocycles. The lowest BCUT2D eigenvalue weighted by molar-refractivity contribution is 0.294. The number of ether oxygens (including phenoxy) is 1. The molecule has 141 valence electrons. The van der Waals surface area contributed by atoms with Gasteiger partial charge in [-0.05, 0) is 25.5 Å². The molecule has 0 fully saturated rings. The van der Waals surface area contributed by atoms with Gasteiger partial charge in [0.25, 0.3) is 5.88 Å². The predicted molar refractivity (Wildman–Crippen MR) is 107 cm³/mol. The van der Waals surface area contributed by atoms with E-state index in [9.17, 15) is 0 Å². The first kappa shape index (κ1) is 20.4. The standard InChI is InChI=1S/C20H34N3OS/c1-3-4-5-6-7-8-9-10-11-12-16-24-20-19(21-25-22-20)18-14-13-15-23(2)17-18/h14H,1,3-13,15-17H2,2H3. The van der Waals surface area contributed by atoms with Crippen LogP contribution in [0.4, 0.5) is 0 Å². The summed E-state index contributed by atoms with van der Waals surface area (Å²) in [5.41, 5.74) is 2.22. The van der Waals surface area contributed by atoms with Gasteiger partial charge in [0.05, 0.1) is 18.3 Å². The summed E-state index contributed by atoms with van der Waals surface area (Å²) in [6, 6.07) is 0. The SMILES string of the molecule is [CH2]CCCCCCCCCCCOc1nsnc1C1=CCCN(C)C1. The molecule has 0 N–H and O–H groups in total. The van der Waals surface area contributed by atoms with E-state index in [-0.39, 0.29) is 0 Å². The van der Waals surface area contributed by atoms with Crippen LogP contribution in [-0.2, 0) is 0 Å². The Bertz CT molecular complexity index is 501. The van der Waals surface area contributed by atoms with Gasteiger partial charge in [-0.25, -0.2) is 0 Å². The van der Waals surface area contributed by atoms with Crippen LogP contribution in [0.5, 0.6) is 5.88 Å². The smallest absolute Gasteiger partial charge is 0.253 e. The van der Waals surface area contributed by atoms with Crippen LogP contribution in [0, 0.1) is 6.92 Å². The summed E-state index contributed by atoms with van der Waals surface area (Å²) in [4.78, 5) is 2.32. The maximum absolute atomic E-state index is 5.91. The molecule has 1 aliphatic heterocycles. The Morgan fingerprint density at radius 3 is 2.40 bits per heavy atom. The maximum atomic E-state index is 5.91. The molecule has 1 aromatic rings. The summed E-state index contributed by atoms with van der Waals surface area (Å²) >= 11 is 1.26. The number of hydrogen-bond donors (Lipinski definition) is 0. The van der Waals surface area contributed by atoms with Gasteiger partial charge in [-0.15, -0.1) is 4.37 Å². The average molecular weight is 365 g/mol. The minimum atomic E-state index is 0.733. The molecule has 0 spiro atoms. The lowest BCUT2D eigenvalue weighted by Crippen LogP contribution is -2.25. The van der Waals surface area contributed by atoms with E-state index in [4.69, 9.17) is 4.74 Å². The van der Waals surface area contributed by atoms with Crippen LogP contribution in [0.15, 0.2) is 6.08 Å². The first-order chi connectivity index (χ1) is 12.3. The molecule has 2 rings (SSSR count). The summed E-state index contributed by atoms with van der Waals surface area (Å²) < 4.78 is 14.7. The van der Waals surface area contributed by atoms with Crippen molar-refractivity contribution in [2.75, 3.05) is 26.7 Å². The highest BCUT2D eigenvalue weighted by Gasteiger charge is 2.18. The number of rotatable bonds is 13. The second kappa shape index (κ2) is 12.4. The van der Waals surface area contributed by atoms with Crippen LogP contribution in [0.25, 0.3) is 5.57 Å². The van der Waals surface area contributed by atoms with Crippen LogP contribution >= 0.6 is 11.7 Å². The Hall–Kier alpha value is -0.940. The van der Waals surface area contributed by atoms with E-state index >= 15 is 0 Å². The van der Waals surface area contributed by atoms with E-state index in [2.05, 4.69) is 33.7 Å². The predicted octanol–water partition coefficient (Wildman–Crippen LogP) is 5.37. The van der Waals surface area contributed by atoms with Crippen molar-refractivity contribution in [1.29, 1.82) is 0 Å². The van der Waals surface area contributed by atoms with Gasteiger partial charge in [0.1, 0.15) is 5.69 Å². The molecule has 5 heteroatoms. The van der Waals surface area contributed by atoms with E-state index < -0.39 is 0 Å². The number of nitrogens with zero attached hydrogens (tertiary/aromatic N) is 3.